The van der Waals surface area contributed by atoms with Gasteiger partial charge in [-0.3, -0.25) is 0 Å². The Morgan fingerprint density at radius 2 is 1.92 bits per heavy atom. The normalized spacial score (nSPS) is 14.2. The van der Waals surface area contributed by atoms with E-state index in [0.717, 1.165) is 0 Å². The van der Waals surface area contributed by atoms with Gasteiger partial charge in [-0.25, -0.2) is 0 Å². The predicted molar refractivity (Wildman–Crippen MR) is 58.6 cm³/mol. The van der Waals surface area contributed by atoms with Crippen molar-refractivity contribution in [2.45, 2.75) is 19.9 Å². The molecule has 0 aromatic heterocycles. The van der Waals surface area contributed by atoms with Crippen molar-refractivity contribution in [3.05, 3.63) is 42.0 Å². The average Bonchev–Trinajstić information content (AvgIpc) is 2.19. The highest BCUT2D eigenvalue weighted by atomic mass is 14.8. The summed E-state index contributed by atoms with van der Waals surface area (Å²) in [6, 6.07) is 10.9. The highest BCUT2D eigenvalue weighted by Crippen LogP contribution is 2.12. The third-order valence-corrected chi connectivity index (χ3v) is 2.18. The quantitative estimate of drug-likeness (QED) is 0.744. The fourth-order valence-corrected chi connectivity index (χ4v) is 1.26. The maximum Gasteiger partial charge on any atom is 0.0224 e. The standard InChI is InChI=1S/C12H17N/c1-10(9-11(2)13-3)12-7-5-4-6-8-12/h4-9,11,13H,1-3H3/b10-9+/t11-/m0/s1. The topological polar surface area (TPSA) is 12.0 Å². The zero-order valence-corrected chi connectivity index (χ0v) is 8.54. The van der Waals surface area contributed by atoms with Crippen molar-refractivity contribution >= 4 is 5.57 Å². The molecule has 1 heteroatoms. The van der Waals surface area contributed by atoms with Gasteiger partial charge in [-0.15, -0.1) is 0 Å². The van der Waals surface area contributed by atoms with E-state index in [1.165, 1.54) is 11.1 Å². The monoisotopic (exact) mass is 175 g/mol. The molecule has 0 saturated carbocycles. The van der Waals surface area contributed by atoms with Crippen molar-refractivity contribution in [1.82, 2.24) is 5.32 Å². The minimum Gasteiger partial charge on any atom is -0.314 e. The van der Waals surface area contributed by atoms with Gasteiger partial charge in [-0.2, -0.15) is 0 Å². The highest BCUT2D eigenvalue weighted by molar-refractivity contribution is 5.63. The van der Waals surface area contributed by atoms with Crippen LogP contribution in [0.25, 0.3) is 5.57 Å². The van der Waals surface area contributed by atoms with Gasteiger partial charge in [-0.05, 0) is 32.0 Å². The van der Waals surface area contributed by atoms with Crippen LogP contribution >= 0.6 is 0 Å². The maximum atomic E-state index is 3.19. The first-order valence-corrected chi connectivity index (χ1v) is 4.65. The van der Waals surface area contributed by atoms with E-state index in [9.17, 15) is 0 Å². The van der Waals surface area contributed by atoms with E-state index >= 15 is 0 Å². The van der Waals surface area contributed by atoms with Gasteiger partial charge in [0.1, 0.15) is 0 Å². The van der Waals surface area contributed by atoms with E-state index in [2.05, 4.69) is 49.5 Å². The Kier molecular flexibility index (Phi) is 3.71. The first-order valence-electron chi connectivity index (χ1n) is 4.65. The molecule has 0 spiro atoms. The summed E-state index contributed by atoms with van der Waals surface area (Å²) < 4.78 is 0. The van der Waals surface area contributed by atoms with E-state index in [4.69, 9.17) is 0 Å². The molecular weight excluding hydrogens is 158 g/mol. The van der Waals surface area contributed by atoms with E-state index in [1.54, 1.807) is 0 Å². The summed E-state index contributed by atoms with van der Waals surface area (Å²) in [6.07, 6.45) is 2.23. The smallest absolute Gasteiger partial charge is 0.0224 e. The van der Waals surface area contributed by atoms with Crippen LogP contribution in [0.15, 0.2) is 36.4 Å². The molecule has 0 aliphatic carbocycles. The van der Waals surface area contributed by atoms with Crippen molar-refractivity contribution in [3.8, 4) is 0 Å². The molecule has 1 nitrogen and oxygen atoms in total. The third kappa shape index (κ3) is 3.03. The number of allylic oxidation sites excluding steroid dienone is 1. The fraction of sp³-hybridized carbons (Fsp3) is 0.333. The third-order valence-electron chi connectivity index (χ3n) is 2.18. The molecule has 0 amide bonds. The van der Waals surface area contributed by atoms with Crippen LogP contribution < -0.4 is 5.32 Å². The molecule has 1 N–H and O–H groups in total. The van der Waals surface area contributed by atoms with Crippen molar-refractivity contribution < 1.29 is 0 Å². The summed E-state index contributed by atoms with van der Waals surface area (Å²) >= 11 is 0. The van der Waals surface area contributed by atoms with Gasteiger partial charge in [-0.1, -0.05) is 36.4 Å². The Morgan fingerprint density at radius 1 is 1.31 bits per heavy atom. The zero-order chi connectivity index (χ0) is 9.68. The number of hydrogen-bond acceptors (Lipinski definition) is 1. The number of likely N-dealkylation sites (N-methyl/N-ethyl adjacent to an activating group) is 1. The van der Waals surface area contributed by atoms with Gasteiger partial charge in [0.05, 0.1) is 0 Å². The zero-order valence-electron chi connectivity index (χ0n) is 8.54. The molecule has 0 fully saturated rings. The van der Waals surface area contributed by atoms with E-state index in [1.807, 2.05) is 13.1 Å². The van der Waals surface area contributed by atoms with Crippen LogP contribution in [0.2, 0.25) is 0 Å². The van der Waals surface area contributed by atoms with Gasteiger partial charge in [0.15, 0.2) is 0 Å². The number of benzene rings is 1. The van der Waals surface area contributed by atoms with Crippen LogP contribution in [0.5, 0.6) is 0 Å². The predicted octanol–water partition coefficient (Wildman–Crippen LogP) is 2.70. The van der Waals surface area contributed by atoms with Crippen molar-refractivity contribution in [1.29, 1.82) is 0 Å². The second kappa shape index (κ2) is 4.83. The van der Waals surface area contributed by atoms with Crippen LogP contribution in [0.3, 0.4) is 0 Å². The summed E-state index contributed by atoms with van der Waals surface area (Å²) in [5, 5.41) is 3.19. The van der Waals surface area contributed by atoms with E-state index < -0.39 is 0 Å². The molecular formula is C12H17N. The lowest BCUT2D eigenvalue weighted by Crippen LogP contribution is -2.18. The molecule has 0 aliphatic rings. The first kappa shape index (κ1) is 10.0. The molecule has 13 heavy (non-hydrogen) atoms. The van der Waals surface area contributed by atoms with Crippen LogP contribution in [0.4, 0.5) is 0 Å². The molecule has 0 bridgehead atoms. The van der Waals surface area contributed by atoms with Crippen molar-refractivity contribution in [2.75, 3.05) is 7.05 Å². The van der Waals surface area contributed by atoms with Crippen LogP contribution in [0.1, 0.15) is 19.4 Å². The number of nitrogens with one attached hydrogen (secondary N) is 1. The molecule has 0 radical (unpaired) electrons. The fourth-order valence-electron chi connectivity index (χ4n) is 1.26. The van der Waals surface area contributed by atoms with Crippen molar-refractivity contribution in [3.63, 3.8) is 0 Å². The molecule has 1 aromatic rings. The summed E-state index contributed by atoms with van der Waals surface area (Å²) in [4.78, 5) is 0. The van der Waals surface area contributed by atoms with Crippen LogP contribution in [-0.2, 0) is 0 Å². The number of hydrogen-bond donors (Lipinski definition) is 1. The van der Waals surface area contributed by atoms with Crippen LogP contribution in [0, 0.1) is 0 Å². The highest BCUT2D eigenvalue weighted by Gasteiger charge is 1.96. The largest absolute Gasteiger partial charge is 0.314 e. The van der Waals surface area contributed by atoms with Crippen molar-refractivity contribution in [2.24, 2.45) is 0 Å². The minimum atomic E-state index is 0.431. The lowest BCUT2D eigenvalue weighted by Gasteiger charge is -2.06. The molecule has 1 aromatic carbocycles. The lowest BCUT2D eigenvalue weighted by molar-refractivity contribution is 0.730. The summed E-state index contributed by atoms with van der Waals surface area (Å²) in [5.41, 5.74) is 2.62. The summed E-state index contributed by atoms with van der Waals surface area (Å²) in [5.74, 6) is 0. The average molecular weight is 175 g/mol. The first-order chi connectivity index (χ1) is 6.24. The van der Waals surface area contributed by atoms with Gasteiger partial charge in [0.2, 0.25) is 0 Å². The summed E-state index contributed by atoms with van der Waals surface area (Å²) in [6.45, 7) is 4.29. The molecule has 0 unspecified atom stereocenters. The maximum absolute atomic E-state index is 3.19. The van der Waals surface area contributed by atoms with Gasteiger partial charge in [0.25, 0.3) is 0 Å². The van der Waals surface area contributed by atoms with Crippen LogP contribution in [-0.4, -0.2) is 13.1 Å². The van der Waals surface area contributed by atoms with Gasteiger partial charge < -0.3 is 5.32 Å². The Labute approximate surface area is 80.5 Å². The molecule has 0 aliphatic heterocycles. The van der Waals surface area contributed by atoms with E-state index in [-0.39, 0.29) is 0 Å². The lowest BCUT2D eigenvalue weighted by atomic mass is 10.1. The van der Waals surface area contributed by atoms with Gasteiger partial charge in [0, 0.05) is 6.04 Å². The molecule has 0 heterocycles. The summed E-state index contributed by atoms with van der Waals surface area (Å²) in [7, 11) is 1.97. The van der Waals surface area contributed by atoms with E-state index in [0.29, 0.717) is 6.04 Å². The molecule has 1 rings (SSSR count). The second-order valence-corrected chi connectivity index (χ2v) is 3.29. The molecule has 70 valence electrons. The van der Waals surface area contributed by atoms with Gasteiger partial charge >= 0.3 is 0 Å². The molecule has 0 saturated heterocycles. The Hall–Kier alpha value is -1.08. The SMILES string of the molecule is CN[C@@H](C)/C=C(\C)c1ccccc1. The second-order valence-electron chi connectivity index (χ2n) is 3.29. The Balaban J connectivity index is 2.79. The minimum absolute atomic E-state index is 0.431. The Morgan fingerprint density at radius 3 is 2.46 bits per heavy atom. The molecule has 1 atom stereocenters. The Bertz CT molecular complexity index is 274. The number of rotatable bonds is 3.